The van der Waals surface area contributed by atoms with Crippen molar-refractivity contribution in [1.29, 1.82) is 0 Å². The van der Waals surface area contributed by atoms with Crippen molar-refractivity contribution in [3.8, 4) is 28.4 Å². The van der Waals surface area contributed by atoms with Gasteiger partial charge in [-0.2, -0.15) is 0 Å². The zero-order chi connectivity index (χ0) is 42.8. The molecule has 0 N–H and O–H groups in total. The molecule has 2 heterocycles. The maximum atomic E-state index is 7.16. The van der Waals surface area contributed by atoms with Gasteiger partial charge >= 0.3 is 0 Å². The molecule has 0 saturated heterocycles. The van der Waals surface area contributed by atoms with Crippen molar-refractivity contribution in [2.75, 3.05) is 9.80 Å². The third-order valence-electron chi connectivity index (χ3n) is 13.5. The number of hydrogen-bond donors (Lipinski definition) is 0. The van der Waals surface area contributed by atoms with Crippen molar-refractivity contribution in [2.24, 2.45) is 11.8 Å². The van der Waals surface area contributed by atoms with E-state index >= 15 is 0 Å². The molecule has 2 aliphatic heterocycles. The van der Waals surface area contributed by atoms with Crippen LogP contribution in [0.15, 0.2) is 254 Å². The molecule has 65 heavy (non-hydrogen) atoms. The number of nitrogens with zero attached hydrogens (tertiary/aromatic N) is 2. The van der Waals surface area contributed by atoms with E-state index in [9.17, 15) is 0 Å². The van der Waals surface area contributed by atoms with Crippen molar-refractivity contribution >= 4 is 67.6 Å². The molecule has 0 fully saturated rings. The van der Waals surface area contributed by atoms with E-state index < -0.39 is 0 Å². The molecule has 0 spiro atoms. The van der Waals surface area contributed by atoms with Gasteiger partial charge in [0.2, 0.25) is 0 Å². The van der Waals surface area contributed by atoms with Crippen molar-refractivity contribution in [3.63, 3.8) is 0 Å². The Hall–Kier alpha value is -8.28. The summed E-state index contributed by atoms with van der Waals surface area (Å²) in [5, 5.41) is 4.70. The normalized spacial score (nSPS) is 16.4. The van der Waals surface area contributed by atoms with Crippen LogP contribution in [0.2, 0.25) is 0 Å². The molecule has 5 heteroatoms. The lowest BCUT2D eigenvalue weighted by Gasteiger charge is -2.44. The van der Waals surface area contributed by atoms with Gasteiger partial charge in [0, 0.05) is 62.8 Å². The Bertz CT molecular complexity index is 3460. The third-order valence-corrected chi connectivity index (χ3v) is 13.5. The van der Waals surface area contributed by atoms with Gasteiger partial charge in [0.25, 0.3) is 6.71 Å². The van der Waals surface area contributed by atoms with E-state index in [0.29, 0.717) is 0 Å². The molecular formula is C60H41BN2O2. The van der Waals surface area contributed by atoms with Crippen LogP contribution >= 0.6 is 0 Å². The predicted molar refractivity (Wildman–Crippen MR) is 269 cm³/mol. The third kappa shape index (κ3) is 6.00. The number of benzene rings is 9. The summed E-state index contributed by atoms with van der Waals surface area (Å²) in [5.74, 6) is 3.42. The minimum Gasteiger partial charge on any atom is -0.459 e. The average Bonchev–Trinajstić information content (AvgIpc) is 3.37. The van der Waals surface area contributed by atoms with Crippen LogP contribution in [-0.4, -0.2) is 6.71 Å². The van der Waals surface area contributed by atoms with E-state index in [4.69, 9.17) is 9.47 Å². The first-order chi connectivity index (χ1) is 32.3. The van der Waals surface area contributed by atoms with Gasteiger partial charge < -0.3 is 19.3 Å². The summed E-state index contributed by atoms with van der Waals surface area (Å²) < 4.78 is 14.3. The lowest BCUT2D eigenvalue weighted by molar-refractivity contribution is 0.411. The van der Waals surface area contributed by atoms with E-state index in [2.05, 4.69) is 246 Å². The Morgan fingerprint density at radius 2 is 1.00 bits per heavy atom. The fraction of sp³-hybridized carbons (Fsp3) is 0.0333. The number of rotatable bonds is 7. The quantitative estimate of drug-likeness (QED) is 0.149. The molecule has 306 valence electrons. The van der Waals surface area contributed by atoms with Crippen molar-refractivity contribution in [1.82, 2.24) is 0 Å². The molecule has 2 atom stereocenters. The second-order valence-corrected chi connectivity index (χ2v) is 17.1. The number of hydrogen-bond acceptors (Lipinski definition) is 4. The molecule has 9 aromatic rings. The Kier molecular flexibility index (Phi) is 8.73. The van der Waals surface area contributed by atoms with Gasteiger partial charge in [0.1, 0.15) is 23.0 Å². The van der Waals surface area contributed by atoms with Gasteiger partial charge in [-0.25, -0.2) is 0 Å². The van der Waals surface area contributed by atoms with Crippen LogP contribution in [0, 0.1) is 11.8 Å². The molecule has 2 aliphatic carbocycles. The van der Waals surface area contributed by atoms with Gasteiger partial charge in [0.05, 0.1) is 17.1 Å². The monoisotopic (exact) mass is 832 g/mol. The highest BCUT2D eigenvalue weighted by atomic mass is 16.5. The lowest BCUT2D eigenvalue weighted by atomic mass is 9.31. The van der Waals surface area contributed by atoms with Gasteiger partial charge in [-0.3, -0.25) is 0 Å². The topological polar surface area (TPSA) is 24.9 Å². The lowest BCUT2D eigenvalue weighted by Crippen LogP contribution is -2.54. The standard InChI is InChI=1S/C60H41BN2O2/c1-4-20-40(21-5-1)44-29-16-17-34-50(44)62(42-24-6-2-7-25-42)52-38-56-58(48-32-14-12-30-46(48)52)61-59-49-33-15-13-31-47(49)53(39-57(59)65-55-37-19-36-54(64-56)60(55)61)63(43-26-8-3-9-27-43)51-35-18-23-41-22-10-11-28-45(41)51/h1-39,47,49H. The molecule has 0 radical (unpaired) electrons. The molecular weight excluding hydrogens is 791 g/mol. The Morgan fingerprint density at radius 3 is 1.78 bits per heavy atom. The van der Waals surface area contributed by atoms with Gasteiger partial charge in [-0.05, 0) is 75.8 Å². The summed E-state index contributed by atoms with van der Waals surface area (Å²) in [7, 11) is 0. The number of ether oxygens (including phenoxy) is 2. The van der Waals surface area contributed by atoms with Crippen LogP contribution in [0.25, 0.3) is 32.7 Å². The molecule has 13 rings (SSSR count). The maximum Gasteiger partial charge on any atom is 0.257 e. The molecule has 9 aromatic carbocycles. The van der Waals surface area contributed by atoms with Crippen LogP contribution in [0.1, 0.15) is 0 Å². The van der Waals surface area contributed by atoms with Gasteiger partial charge in [0.15, 0.2) is 0 Å². The summed E-state index contributed by atoms with van der Waals surface area (Å²) in [6.45, 7) is -0.126. The van der Waals surface area contributed by atoms with E-state index in [1.165, 1.54) is 21.9 Å². The molecule has 2 unspecified atom stereocenters. The highest BCUT2D eigenvalue weighted by molar-refractivity contribution is 6.95. The predicted octanol–water partition coefficient (Wildman–Crippen LogP) is 14.1. The highest BCUT2D eigenvalue weighted by Gasteiger charge is 2.49. The van der Waals surface area contributed by atoms with Gasteiger partial charge in [-0.1, -0.05) is 176 Å². The van der Waals surface area contributed by atoms with Crippen molar-refractivity contribution < 1.29 is 9.47 Å². The van der Waals surface area contributed by atoms with Crippen molar-refractivity contribution in [3.05, 3.63) is 254 Å². The van der Waals surface area contributed by atoms with Crippen LogP contribution in [0.5, 0.6) is 17.2 Å². The fourth-order valence-corrected chi connectivity index (χ4v) is 10.8. The number of fused-ring (bicyclic) bond motifs is 8. The van der Waals surface area contributed by atoms with E-state index in [1.54, 1.807) is 0 Å². The Balaban J connectivity index is 1.05. The molecule has 0 bridgehead atoms. The number of para-hydroxylation sites is 3. The summed E-state index contributed by atoms with van der Waals surface area (Å²) >= 11 is 0. The smallest absolute Gasteiger partial charge is 0.257 e. The second-order valence-electron chi connectivity index (χ2n) is 17.1. The SMILES string of the molecule is C1=CC2C(N(c3ccccc3)c3cccc4ccccc34)=CC3=C(B4c5c(cccc5Oc5cc(N(c6ccccc6)c6ccccc6-c6ccccc6)c6ccccc6c54)O3)C2C=C1. The molecule has 4 nitrogen and oxygen atoms in total. The summed E-state index contributed by atoms with van der Waals surface area (Å²) in [4.78, 5) is 4.86. The number of anilines is 5. The Labute approximate surface area is 379 Å². The van der Waals surface area contributed by atoms with Crippen LogP contribution in [-0.2, 0) is 0 Å². The zero-order valence-electron chi connectivity index (χ0n) is 35.5. The largest absolute Gasteiger partial charge is 0.459 e. The summed E-state index contributed by atoms with van der Waals surface area (Å²) in [6, 6.07) is 73.6. The summed E-state index contributed by atoms with van der Waals surface area (Å²) in [5.41, 5.74) is 12.4. The molecule has 4 aliphatic rings. The number of allylic oxidation sites excluding steroid dienone is 6. The first-order valence-electron chi connectivity index (χ1n) is 22.5. The van der Waals surface area contributed by atoms with Crippen LogP contribution < -0.4 is 30.2 Å². The van der Waals surface area contributed by atoms with Crippen LogP contribution in [0.3, 0.4) is 0 Å². The summed E-state index contributed by atoms with van der Waals surface area (Å²) in [6.07, 6.45) is 11.5. The molecule has 0 aromatic heterocycles. The van der Waals surface area contributed by atoms with Gasteiger partial charge in [-0.15, -0.1) is 0 Å². The van der Waals surface area contributed by atoms with Crippen molar-refractivity contribution in [2.45, 2.75) is 0 Å². The fourth-order valence-electron chi connectivity index (χ4n) is 10.8. The minimum atomic E-state index is -0.126. The maximum absolute atomic E-state index is 7.16. The Morgan fingerprint density at radius 1 is 0.415 bits per heavy atom. The van der Waals surface area contributed by atoms with E-state index in [-0.39, 0.29) is 18.5 Å². The highest BCUT2D eigenvalue weighted by Crippen LogP contribution is 2.51. The molecule has 0 saturated carbocycles. The van der Waals surface area contributed by atoms with E-state index in [1.807, 2.05) is 0 Å². The second kappa shape index (κ2) is 15.2. The van der Waals surface area contributed by atoms with E-state index in [0.717, 1.165) is 84.3 Å². The first-order valence-corrected chi connectivity index (χ1v) is 22.5. The minimum absolute atomic E-state index is 0.00495. The first kappa shape index (κ1) is 37.3. The van der Waals surface area contributed by atoms with Crippen LogP contribution in [0.4, 0.5) is 28.4 Å². The molecule has 0 amide bonds. The zero-order valence-corrected chi connectivity index (χ0v) is 35.5. The average molecular weight is 833 g/mol.